The molecule has 0 bridgehead atoms. The van der Waals surface area contributed by atoms with E-state index in [2.05, 4.69) is 15.3 Å². The number of nitrogens with one attached hydrogen (secondary N) is 2. The second kappa shape index (κ2) is 5.55. The van der Waals surface area contributed by atoms with Gasteiger partial charge in [-0.05, 0) is 24.3 Å². The van der Waals surface area contributed by atoms with Gasteiger partial charge in [-0.1, -0.05) is 11.6 Å². The van der Waals surface area contributed by atoms with Crippen LogP contribution < -0.4 is 5.32 Å². The van der Waals surface area contributed by atoms with Crippen LogP contribution in [0.3, 0.4) is 0 Å². The molecule has 0 spiro atoms. The molecule has 5 nitrogen and oxygen atoms in total. The van der Waals surface area contributed by atoms with E-state index in [0.29, 0.717) is 17.3 Å². The van der Waals surface area contributed by atoms with Crippen molar-refractivity contribution in [1.82, 2.24) is 14.9 Å². The molecule has 0 unspecified atom stereocenters. The molecule has 94 valence electrons. The van der Waals surface area contributed by atoms with Crippen LogP contribution in [0.1, 0.15) is 5.82 Å². The minimum atomic E-state index is -0.200. The van der Waals surface area contributed by atoms with E-state index in [0.717, 1.165) is 5.82 Å². The van der Waals surface area contributed by atoms with Crippen molar-refractivity contribution in [1.29, 1.82) is 0 Å². The van der Waals surface area contributed by atoms with E-state index in [9.17, 15) is 4.79 Å². The zero-order valence-electron chi connectivity index (χ0n) is 9.85. The molecule has 0 saturated heterocycles. The van der Waals surface area contributed by atoms with Gasteiger partial charge in [0.1, 0.15) is 5.82 Å². The molecule has 0 fully saturated rings. The standard InChI is InChI=1S/C12H13ClN4O/c1-17(8-11-14-6-7-15-11)12(18)16-10-4-2-9(13)3-5-10/h2-7H,8H2,1H3,(H,14,15)(H,16,18). The molecule has 6 heteroatoms. The molecule has 18 heavy (non-hydrogen) atoms. The first-order valence-electron chi connectivity index (χ1n) is 5.41. The van der Waals surface area contributed by atoms with Crippen LogP contribution in [0.25, 0.3) is 0 Å². The molecule has 1 aromatic heterocycles. The maximum atomic E-state index is 11.9. The number of nitrogens with zero attached hydrogens (tertiary/aromatic N) is 2. The van der Waals surface area contributed by atoms with Gasteiger partial charge in [0.15, 0.2) is 0 Å². The van der Waals surface area contributed by atoms with E-state index < -0.39 is 0 Å². The van der Waals surface area contributed by atoms with Crippen molar-refractivity contribution >= 4 is 23.3 Å². The van der Waals surface area contributed by atoms with Gasteiger partial charge in [-0.3, -0.25) is 0 Å². The van der Waals surface area contributed by atoms with Gasteiger partial charge in [0, 0.05) is 30.2 Å². The van der Waals surface area contributed by atoms with Crippen molar-refractivity contribution < 1.29 is 4.79 Å². The molecule has 2 rings (SSSR count). The monoisotopic (exact) mass is 264 g/mol. The Hall–Kier alpha value is -2.01. The Labute approximate surface area is 110 Å². The number of carbonyl (C=O) groups excluding carboxylic acids is 1. The van der Waals surface area contributed by atoms with E-state index in [-0.39, 0.29) is 6.03 Å². The highest BCUT2D eigenvalue weighted by molar-refractivity contribution is 6.30. The fourth-order valence-corrected chi connectivity index (χ4v) is 1.56. The van der Waals surface area contributed by atoms with Gasteiger partial charge in [-0.2, -0.15) is 0 Å². The molecule has 0 saturated carbocycles. The first-order valence-corrected chi connectivity index (χ1v) is 5.79. The summed E-state index contributed by atoms with van der Waals surface area (Å²) in [4.78, 5) is 20.4. The minimum Gasteiger partial charge on any atom is -0.347 e. The number of anilines is 1. The summed E-state index contributed by atoms with van der Waals surface area (Å²) in [5.74, 6) is 0.740. The lowest BCUT2D eigenvalue weighted by molar-refractivity contribution is 0.219. The average molecular weight is 265 g/mol. The highest BCUT2D eigenvalue weighted by atomic mass is 35.5. The lowest BCUT2D eigenvalue weighted by atomic mass is 10.3. The van der Waals surface area contributed by atoms with E-state index in [1.807, 2.05) is 0 Å². The topological polar surface area (TPSA) is 61.0 Å². The third-order valence-electron chi connectivity index (χ3n) is 2.38. The van der Waals surface area contributed by atoms with Crippen molar-refractivity contribution in [2.24, 2.45) is 0 Å². The average Bonchev–Trinajstić information content (AvgIpc) is 2.85. The van der Waals surface area contributed by atoms with E-state index in [1.54, 1.807) is 43.7 Å². The third kappa shape index (κ3) is 3.24. The molecule has 2 amide bonds. The smallest absolute Gasteiger partial charge is 0.321 e. The number of hydrogen-bond acceptors (Lipinski definition) is 2. The first-order chi connectivity index (χ1) is 8.65. The Bertz CT molecular complexity index is 509. The SMILES string of the molecule is CN(Cc1ncc[nH]1)C(=O)Nc1ccc(Cl)cc1. The van der Waals surface area contributed by atoms with Crippen molar-refractivity contribution in [2.45, 2.75) is 6.54 Å². The minimum absolute atomic E-state index is 0.200. The van der Waals surface area contributed by atoms with Crippen LogP contribution in [0.2, 0.25) is 5.02 Å². The Morgan fingerprint density at radius 3 is 2.78 bits per heavy atom. The van der Waals surface area contributed by atoms with Gasteiger partial charge < -0.3 is 15.2 Å². The molecular formula is C12H13ClN4O. The van der Waals surface area contributed by atoms with Crippen LogP contribution in [0.5, 0.6) is 0 Å². The lowest BCUT2D eigenvalue weighted by Gasteiger charge is -2.16. The molecule has 0 radical (unpaired) electrons. The molecule has 2 N–H and O–H groups in total. The maximum absolute atomic E-state index is 11.9. The third-order valence-corrected chi connectivity index (χ3v) is 2.64. The second-order valence-corrected chi connectivity index (χ2v) is 4.27. The van der Waals surface area contributed by atoms with E-state index in [1.165, 1.54) is 4.90 Å². The summed E-state index contributed by atoms with van der Waals surface area (Å²) < 4.78 is 0. The number of H-pyrrole nitrogens is 1. The van der Waals surface area contributed by atoms with Crippen molar-refractivity contribution in [3.63, 3.8) is 0 Å². The number of amides is 2. The summed E-state index contributed by atoms with van der Waals surface area (Å²) >= 11 is 5.77. The zero-order chi connectivity index (χ0) is 13.0. The molecule has 0 aliphatic carbocycles. The maximum Gasteiger partial charge on any atom is 0.321 e. The Morgan fingerprint density at radius 1 is 1.44 bits per heavy atom. The van der Waals surface area contributed by atoms with Gasteiger partial charge >= 0.3 is 6.03 Å². The van der Waals surface area contributed by atoms with Crippen molar-refractivity contribution in [3.05, 3.63) is 47.5 Å². The fraction of sp³-hybridized carbons (Fsp3) is 0.167. The number of benzene rings is 1. The number of halogens is 1. The van der Waals surface area contributed by atoms with Gasteiger partial charge in [0.2, 0.25) is 0 Å². The van der Waals surface area contributed by atoms with Gasteiger partial charge in [-0.25, -0.2) is 9.78 Å². The summed E-state index contributed by atoms with van der Waals surface area (Å²) in [6.45, 7) is 0.423. The summed E-state index contributed by atoms with van der Waals surface area (Å²) in [5, 5.41) is 3.40. The van der Waals surface area contributed by atoms with Crippen molar-refractivity contribution in [3.8, 4) is 0 Å². The summed E-state index contributed by atoms with van der Waals surface area (Å²) in [5.41, 5.74) is 0.704. The molecule has 2 aromatic rings. The second-order valence-electron chi connectivity index (χ2n) is 3.83. The summed E-state index contributed by atoms with van der Waals surface area (Å²) in [7, 11) is 1.70. The van der Waals surface area contributed by atoms with Crippen LogP contribution in [-0.2, 0) is 6.54 Å². The quantitative estimate of drug-likeness (QED) is 0.895. The lowest BCUT2D eigenvalue weighted by Crippen LogP contribution is -2.31. The predicted octanol–water partition coefficient (Wildman–Crippen LogP) is 2.73. The largest absolute Gasteiger partial charge is 0.347 e. The van der Waals surface area contributed by atoms with Crippen LogP contribution in [0, 0.1) is 0 Å². The number of carbonyl (C=O) groups is 1. The molecule has 1 aromatic carbocycles. The zero-order valence-corrected chi connectivity index (χ0v) is 10.6. The fourth-order valence-electron chi connectivity index (χ4n) is 1.43. The molecule has 0 atom stereocenters. The van der Waals surface area contributed by atoms with Gasteiger partial charge in [0.25, 0.3) is 0 Å². The van der Waals surface area contributed by atoms with Crippen LogP contribution >= 0.6 is 11.6 Å². The highest BCUT2D eigenvalue weighted by Crippen LogP contribution is 2.13. The number of hydrogen-bond donors (Lipinski definition) is 2. The molecule has 1 heterocycles. The number of aromatic nitrogens is 2. The van der Waals surface area contributed by atoms with Gasteiger partial charge in [0.05, 0.1) is 6.54 Å². The van der Waals surface area contributed by atoms with Crippen LogP contribution in [0.4, 0.5) is 10.5 Å². The molecule has 0 aliphatic rings. The number of rotatable bonds is 3. The summed E-state index contributed by atoms with van der Waals surface area (Å²) in [6, 6.07) is 6.75. The predicted molar refractivity (Wildman–Crippen MR) is 70.5 cm³/mol. The number of imidazole rings is 1. The van der Waals surface area contributed by atoms with E-state index in [4.69, 9.17) is 11.6 Å². The Kier molecular flexibility index (Phi) is 3.84. The molecular weight excluding hydrogens is 252 g/mol. The normalized spacial score (nSPS) is 10.1. The Morgan fingerprint density at radius 2 is 2.17 bits per heavy atom. The highest BCUT2D eigenvalue weighted by Gasteiger charge is 2.10. The van der Waals surface area contributed by atoms with Crippen LogP contribution in [0.15, 0.2) is 36.7 Å². The van der Waals surface area contributed by atoms with Gasteiger partial charge in [-0.15, -0.1) is 0 Å². The first kappa shape index (κ1) is 12.4. The molecule has 0 aliphatic heterocycles. The summed E-state index contributed by atoms with van der Waals surface area (Å²) in [6.07, 6.45) is 3.38. The van der Waals surface area contributed by atoms with Crippen LogP contribution in [-0.4, -0.2) is 27.9 Å². The number of aromatic amines is 1. The van der Waals surface area contributed by atoms with E-state index >= 15 is 0 Å². The Balaban J connectivity index is 1.93. The number of urea groups is 1. The van der Waals surface area contributed by atoms with Crippen molar-refractivity contribution in [2.75, 3.05) is 12.4 Å².